The fourth-order valence-electron chi connectivity index (χ4n) is 3.27. The zero-order valence-corrected chi connectivity index (χ0v) is 12.4. The van der Waals surface area contributed by atoms with Gasteiger partial charge in [0.1, 0.15) is 17.8 Å². The van der Waals surface area contributed by atoms with Crippen molar-refractivity contribution >= 4 is 11.8 Å². The lowest BCUT2D eigenvalue weighted by molar-refractivity contribution is -0.159. The number of carbonyl (C=O) groups is 2. The van der Waals surface area contributed by atoms with Gasteiger partial charge in [-0.1, -0.05) is 18.2 Å². The number of ether oxygens (including phenoxy) is 1. The normalized spacial score (nSPS) is 25.2. The Hall–Kier alpha value is -2.04. The third-order valence-electron chi connectivity index (χ3n) is 4.46. The van der Waals surface area contributed by atoms with Crippen molar-refractivity contribution in [1.82, 2.24) is 9.80 Å². The van der Waals surface area contributed by atoms with Gasteiger partial charge in [-0.25, -0.2) is 0 Å². The quantitative estimate of drug-likeness (QED) is 0.845. The molecule has 5 heteroatoms. The summed E-state index contributed by atoms with van der Waals surface area (Å²) in [5, 5.41) is 0. The number of methoxy groups -OCH3 is 1. The Labute approximate surface area is 124 Å². The molecule has 1 aromatic carbocycles. The van der Waals surface area contributed by atoms with Crippen LogP contribution in [0, 0.1) is 0 Å². The van der Waals surface area contributed by atoms with Gasteiger partial charge in [0.2, 0.25) is 11.8 Å². The minimum absolute atomic E-state index is 0.0607. The molecule has 2 fully saturated rings. The number of nitrogens with zero attached hydrogens (tertiary/aromatic N) is 2. The zero-order chi connectivity index (χ0) is 15.0. The monoisotopic (exact) mass is 288 g/mol. The van der Waals surface area contributed by atoms with Gasteiger partial charge in [-0.3, -0.25) is 9.59 Å². The molecule has 2 unspecified atom stereocenters. The molecule has 112 valence electrons. The second kappa shape index (κ2) is 5.39. The summed E-state index contributed by atoms with van der Waals surface area (Å²) in [6, 6.07) is 6.96. The predicted molar refractivity (Wildman–Crippen MR) is 77.7 cm³/mol. The largest absolute Gasteiger partial charge is 0.496 e. The molecule has 0 aliphatic carbocycles. The van der Waals surface area contributed by atoms with E-state index in [4.69, 9.17) is 4.74 Å². The van der Waals surface area contributed by atoms with E-state index < -0.39 is 6.04 Å². The molecule has 21 heavy (non-hydrogen) atoms. The first-order valence-corrected chi connectivity index (χ1v) is 7.36. The van der Waals surface area contributed by atoms with E-state index in [0.29, 0.717) is 13.1 Å². The van der Waals surface area contributed by atoms with E-state index in [1.165, 1.54) is 0 Å². The Morgan fingerprint density at radius 3 is 2.76 bits per heavy atom. The first-order chi connectivity index (χ1) is 10.1. The molecule has 2 heterocycles. The minimum Gasteiger partial charge on any atom is -0.496 e. The Morgan fingerprint density at radius 2 is 2.00 bits per heavy atom. The van der Waals surface area contributed by atoms with Crippen LogP contribution in [0.15, 0.2) is 24.3 Å². The van der Waals surface area contributed by atoms with Crippen molar-refractivity contribution in [1.29, 1.82) is 0 Å². The van der Waals surface area contributed by atoms with Gasteiger partial charge < -0.3 is 14.5 Å². The number of hydrogen-bond donors (Lipinski definition) is 0. The van der Waals surface area contributed by atoms with Crippen LogP contribution in [0.2, 0.25) is 0 Å². The molecule has 2 aliphatic heterocycles. The lowest BCUT2D eigenvalue weighted by Gasteiger charge is -2.41. The molecule has 0 N–H and O–H groups in total. The van der Waals surface area contributed by atoms with Crippen LogP contribution in [0.25, 0.3) is 0 Å². The number of rotatable bonds is 3. The number of carbonyl (C=O) groups excluding carboxylic acids is 2. The third-order valence-corrected chi connectivity index (χ3v) is 4.46. The Bertz CT molecular complexity index is 572. The Morgan fingerprint density at radius 1 is 1.24 bits per heavy atom. The number of benzene rings is 1. The van der Waals surface area contributed by atoms with Crippen molar-refractivity contribution in [3.05, 3.63) is 29.8 Å². The van der Waals surface area contributed by atoms with Gasteiger partial charge >= 0.3 is 0 Å². The van der Waals surface area contributed by atoms with E-state index in [-0.39, 0.29) is 17.9 Å². The van der Waals surface area contributed by atoms with Crippen LogP contribution in [0.4, 0.5) is 0 Å². The summed E-state index contributed by atoms with van der Waals surface area (Å²) >= 11 is 0. The summed E-state index contributed by atoms with van der Waals surface area (Å²) in [5.74, 6) is 0.872. The van der Waals surface area contributed by atoms with E-state index in [1.807, 2.05) is 31.2 Å². The molecular weight excluding hydrogens is 268 g/mol. The number of para-hydroxylation sites is 1. The maximum atomic E-state index is 12.7. The lowest BCUT2D eigenvalue weighted by Crippen LogP contribution is -2.61. The van der Waals surface area contributed by atoms with Gasteiger partial charge in [0.05, 0.1) is 13.7 Å². The molecule has 1 aromatic rings. The number of amides is 2. The molecule has 2 saturated heterocycles. The van der Waals surface area contributed by atoms with Crippen molar-refractivity contribution in [3.8, 4) is 5.75 Å². The summed E-state index contributed by atoms with van der Waals surface area (Å²) in [6.45, 7) is 2.94. The standard InChI is InChI=1S/C16H20N2O3/c1-11-15(19)17-9-5-7-13(17)16(20)18(11)10-12-6-3-4-8-14(12)21-2/h3-4,6,8,11,13H,5,7,9-10H2,1-2H3. The van der Waals surface area contributed by atoms with Crippen molar-refractivity contribution < 1.29 is 14.3 Å². The van der Waals surface area contributed by atoms with Crippen molar-refractivity contribution in [3.63, 3.8) is 0 Å². The molecule has 5 nitrogen and oxygen atoms in total. The van der Waals surface area contributed by atoms with Gasteiger partial charge in [0.15, 0.2) is 0 Å². The van der Waals surface area contributed by atoms with Crippen molar-refractivity contribution in [2.24, 2.45) is 0 Å². The van der Waals surface area contributed by atoms with Crippen molar-refractivity contribution in [2.75, 3.05) is 13.7 Å². The van der Waals surface area contributed by atoms with Gasteiger partial charge in [0, 0.05) is 12.1 Å². The van der Waals surface area contributed by atoms with Crippen LogP contribution in [0.5, 0.6) is 5.75 Å². The molecule has 2 aliphatic rings. The molecule has 0 aromatic heterocycles. The van der Waals surface area contributed by atoms with Crippen LogP contribution < -0.4 is 4.74 Å². The van der Waals surface area contributed by atoms with Crippen LogP contribution in [-0.2, 0) is 16.1 Å². The zero-order valence-electron chi connectivity index (χ0n) is 12.4. The third kappa shape index (κ3) is 2.26. The van der Waals surface area contributed by atoms with E-state index in [9.17, 15) is 9.59 Å². The van der Waals surface area contributed by atoms with Gasteiger partial charge in [0.25, 0.3) is 0 Å². The maximum absolute atomic E-state index is 12.7. The minimum atomic E-state index is -0.406. The van der Waals surface area contributed by atoms with Crippen LogP contribution in [0.3, 0.4) is 0 Å². The van der Waals surface area contributed by atoms with Crippen LogP contribution >= 0.6 is 0 Å². The van der Waals surface area contributed by atoms with Crippen LogP contribution in [-0.4, -0.2) is 47.4 Å². The molecular formula is C16H20N2O3. The number of hydrogen-bond acceptors (Lipinski definition) is 3. The molecule has 3 rings (SSSR count). The number of fused-ring (bicyclic) bond motifs is 1. The molecule has 0 radical (unpaired) electrons. The topological polar surface area (TPSA) is 49.9 Å². The SMILES string of the molecule is COc1ccccc1CN1C(=O)C2CCCN2C(=O)C1C. The average Bonchev–Trinajstić information content (AvgIpc) is 2.99. The summed E-state index contributed by atoms with van der Waals surface area (Å²) < 4.78 is 5.34. The first kappa shape index (κ1) is 13.9. The van der Waals surface area contributed by atoms with E-state index in [0.717, 1.165) is 24.2 Å². The van der Waals surface area contributed by atoms with Gasteiger partial charge in [-0.05, 0) is 25.8 Å². The summed E-state index contributed by atoms with van der Waals surface area (Å²) in [5.41, 5.74) is 0.930. The fraction of sp³-hybridized carbons (Fsp3) is 0.500. The second-order valence-electron chi connectivity index (χ2n) is 5.64. The predicted octanol–water partition coefficient (Wildman–Crippen LogP) is 1.42. The van der Waals surface area contributed by atoms with Crippen LogP contribution in [0.1, 0.15) is 25.3 Å². The highest BCUT2D eigenvalue weighted by molar-refractivity contribution is 5.97. The van der Waals surface area contributed by atoms with E-state index in [2.05, 4.69) is 0 Å². The van der Waals surface area contributed by atoms with Gasteiger partial charge in [-0.15, -0.1) is 0 Å². The van der Waals surface area contributed by atoms with Gasteiger partial charge in [-0.2, -0.15) is 0 Å². The molecule has 2 atom stereocenters. The molecule has 0 bridgehead atoms. The summed E-state index contributed by atoms with van der Waals surface area (Å²) in [7, 11) is 1.62. The first-order valence-electron chi connectivity index (χ1n) is 7.36. The highest BCUT2D eigenvalue weighted by Crippen LogP contribution is 2.29. The molecule has 2 amide bonds. The smallest absolute Gasteiger partial charge is 0.246 e. The average molecular weight is 288 g/mol. The summed E-state index contributed by atoms with van der Waals surface area (Å²) in [4.78, 5) is 28.5. The van der Waals surface area contributed by atoms with Crippen molar-refractivity contribution in [2.45, 2.75) is 38.4 Å². The maximum Gasteiger partial charge on any atom is 0.246 e. The molecule has 0 spiro atoms. The highest BCUT2D eigenvalue weighted by atomic mass is 16.5. The highest BCUT2D eigenvalue weighted by Gasteiger charge is 2.45. The Balaban J connectivity index is 1.87. The summed E-state index contributed by atoms with van der Waals surface area (Å²) in [6.07, 6.45) is 1.69. The van der Waals surface area contributed by atoms with E-state index >= 15 is 0 Å². The van der Waals surface area contributed by atoms with E-state index in [1.54, 1.807) is 16.9 Å². The molecule has 0 saturated carbocycles. The second-order valence-corrected chi connectivity index (χ2v) is 5.64. The lowest BCUT2D eigenvalue weighted by atomic mass is 10.0. The number of piperazine rings is 1. The fourth-order valence-corrected chi connectivity index (χ4v) is 3.27. The Kier molecular flexibility index (Phi) is 3.57.